The van der Waals surface area contributed by atoms with E-state index in [0.29, 0.717) is 6.54 Å². The van der Waals surface area contributed by atoms with E-state index >= 15 is 0 Å². The van der Waals surface area contributed by atoms with E-state index in [2.05, 4.69) is 55.2 Å². The maximum atomic E-state index is 5.29. The Kier molecular flexibility index (Phi) is 4.82. The molecular weight excluding hydrogens is 372 g/mol. The molecule has 0 spiro atoms. The van der Waals surface area contributed by atoms with E-state index in [1.807, 2.05) is 18.2 Å². The summed E-state index contributed by atoms with van der Waals surface area (Å²) in [6.07, 6.45) is 1.81. The van der Waals surface area contributed by atoms with Gasteiger partial charge in [0.15, 0.2) is 0 Å². The number of aryl methyl sites for hydroxylation is 1. The first-order valence-corrected chi connectivity index (χ1v) is 7.38. The summed E-state index contributed by atoms with van der Waals surface area (Å²) in [4.78, 5) is 4.36. The van der Waals surface area contributed by atoms with E-state index in [0.717, 1.165) is 26.1 Å². The molecule has 0 unspecified atom stereocenters. The fourth-order valence-electron chi connectivity index (χ4n) is 1.70. The van der Waals surface area contributed by atoms with Crippen molar-refractivity contribution in [3.63, 3.8) is 0 Å². The molecule has 3 nitrogen and oxygen atoms in total. The lowest BCUT2D eigenvalue weighted by Crippen LogP contribution is -2.04. The first-order valence-electron chi connectivity index (χ1n) is 5.79. The lowest BCUT2D eigenvalue weighted by atomic mass is 10.2. The normalized spacial score (nSPS) is 10.3. The minimum atomic E-state index is 0.677. The first kappa shape index (κ1) is 14.3. The van der Waals surface area contributed by atoms with E-state index in [-0.39, 0.29) is 0 Å². The van der Waals surface area contributed by atoms with Gasteiger partial charge in [-0.05, 0) is 56.5 Å². The van der Waals surface area contributed by atoms with Gasteiger partial charge in [-0.25, -0.2) is 0 Å². The molecular formula is C14H14Br2N2O. The number of nitrogens with zero attached hydrogens (tertiary/aromatic N) is 1. The largest absolute Gasteiger partial charge is 0.495 e. The summed E-state index contributed by atoms with van der Waals surface area (Å²) in [7, 11) is 1.65. The Morgan fingerprint density at radius 1 is 1.26 bits per heavy atom. The summed E-state index contributed by atoms with van der Waals surface area (Å²) in [5.41, 5.74) is 3.19. The molecule has 1 heterocycles. The number of halogens is 2. The van der Waals surface area contributed by atoms with E-state index in [1.54, 1.807) is 13.3 Å². The van der Waals surface area contributed by atoms with Crippen molar-refractivity contribution in [3.8, 4) is 5.75 Å². The Morgan fingerprint density at radius 3 is 2.74 bits per heavy atom. The minimum absolute atomic E-state index is 0.677. The van der Waals surface area contributed by atoms with Crippen molar-refractivity contribution in [1.82, 2.24) is 4.98 Å². The molecule has 0 aliphatic heterocycles. The van der Waals surface area contributed by atoms with Crippen molar-refractivity contribution in [1.29, 1.82) is 0 Å². The van der Waals surface area contributed by atoms with Crippen molar-refractivity contribution >= 4 is 37.5 Å². The summed E-state index contributed by atoms with van der Waals surface area (Å²) >= 11 is 6.99. The Hall–Kier alpha value is -1.07. The smallest absolute Gasteiger partial charge is 0.135 e. The molecule has 2 aromatic rings. The van der Waals surface area contributed by atoms with E-state index in [9.17, 15) is 0 Å². The summed E-state index contributed by atoms with van der Waals surface area (Å²) in [5.74, 6) is 0.795. The van der Waals surface area contributed by atoms with E-state index < -0.39 is 0 Å². The van der Waals surface area contributed by atoms with Gasteiger partial charge in [-0.3, -0.25) is 4.98 Å². The Labute approximate surface area is 129 Å². The number of methoxy groups -OCH3 is 1. The van der Waals surface area contributed by atoms with Gasteiger partial charge in [0.2, 0.25) is 0 Å². The number of aromatic nitrogens is 1. The average molecular weight is 386 g/mol. The lowest BCUT2D eigenvalue weighted by Gasteiger charge is -2.12. The molecule has 19 heavy (non-hydrogen) atoms. The third kappa shape index (κ3) is 3.48. The van der Waals surface area contributed by atoms with Crippen LogP contribution in [0.2, 0.25) is 0 Å². The van der Waals surface area contributed by atoms with Crippen LogP contribution in [0.1, 0.15) is 11.3 Å². The molecule has 100 valence electrons. The van der Waals surface area contributed by atoms with Gasteiger partial charge >= 0.3 is 0 Å². The number of ether oxygens (including phenoxy) is 1. The van der Waals surface area contributed by atoms with Crippen LogP contribution in [0, 0.1) is 6.92 Å². The van der Waals surface area contributed by atoms with Crippen molar-refractivity contribution in [2.45, 2.75) is 13.5 Å². The van der Waals surface area contributed by atoms with Gasteiger partial charge in [0, 0.05) is 16.7 Å². The van der Waals surface area contributed by atoms with E-state index in [4.69, 9.17) is 4.74 Å². The van der Waals surface area contributed by atoms with Gasteiger partial charge in [0.05, 0.1) is 29.5 Å². The number of nitrogens with one attached hydrogen (secondary N) is 1. The van der Waals surface area contributed by atoms with Crippen LogP contribution in [0.5, 0.6) is 5.75 Å². The molecule has 5 heteroatoms. The number of rotatable bonds is 4. The zero-order chi connectivity index (χ0) is 13.8. The molecule has 0 saturated carbocycles. The second kappa shape index (κ2) is 6.39. The number of pyridine rings is 1. The third-order valence-electron chi connectivity index (χ3n) is 2.81. The molecule has 0 bridgehead atoms. The quantitative estimate of drug-likeness (QED) is 0.839. The predicted molar refractivity (Wildman–Crippen MR) is 84.7 cm³/mol. The second-order valence-electron chi connectivity index (χ2n) is 4.09. The topological polar surface area (TPSA) is 34.1 Å². The molecule has 1 aromatic heterocycles. The Morgan fingerprint density at radius 2 is 2.05 bits per heavy atom. The van der Waals surface area contributed by atoms with Crippen LogP contribution in [0.4, 0.5) is 5.69 Å². The van der Waals surface area contributed by atoms with Gasteiger partial charge in [-0.2, -0.15) is 0 Å². The van der Waals surface area contributed by atoms with Gasteiger partial charge < -0.3 is 10.1 Å². The van der Waals surface area contributed by atoms with Gasteiger partial charge in [-0.1, -0.05) is 6.07 Å². The molecule has 0 fully saturated rings. The van der Waals surface area contributed by atoms with Crippen molar-refractivity contribution in [2.24, 2.45) is 0 Å². The highest BCUT2D eigenvalue weighted by Crippen LogP contribution is 2.34. The highest BCUT2D eigenvalue weighted by molar-refractivity contribution is 9.11. The van der Waals surface area contributed by atoms with E-state index in [1.165, 1.54) is 5.56 Å². The van der Waals surface area contributed by atoms with Crippen LogP contribution in [0.25, 0.3) is 0 Å². The van der Waals surface area contributed by atoms with Gasteiger partial charge in [-0.15, -0.1) is 0 Å². The summed E-state index contributed by atoms with van der Waals surface area (Å²) < 4.78 is 7.19. The highest BCUT2D eigenvalue weighted by Gasteiger charge is 2.07. The third-order valence-corrected chi connectivity index (χ3v) is 4.08. The number of hydrogen-bond donors (Lipinski definition) is 1. The Bertz CT molecular complexity index is 588. The predicted octanol–water partition coefficient (Wildman–Crippen LogP) is 4.54. The van der Waals surface area contributed by atoms with Crippen molar-refractivity contribution in [2.75, 3.05) is 12.4 Å². The summed E-state index contributed by atoms with van der Waals surface area (Å²) in [6, 6.07) is 7.91. The molecule has 0 aliphatic carbocycles. The maximum Gasteiger partial charge on any atom is 0.135 e. The second-order valence-corrected chi connectivity index (χ2v) is 5.80. The van der Waals surface area contributed by atoms with Gasteiger partial charge in [0.25, 0.3) is 0 Å². The SMILES string of the molecule is COc1cc(NCc2ncccc2C)c(Br)cc1Br. The average Bonchev–Trinajstić information content (AvgIpc) is 2.39. The van der Waals surface area contributed by atoms with Crippen molar-refractivity contribution < 1.29 is 4.74 Å². The summed E-state index contributed by atoms with van der Waals surface area (Å²) in [5, 5.41) is 3.36. The zero-order valence-electron chi connectivity index (χ0n) is 10.7. The molecule has 1 N–H and O–H groups in total. The van der Waals surface area contributed by atoms with Gasteiger partial charge in [0.1, 0.15) is 5.75 Å². The fourth-order valence-corrected chi connectivity index (χ4v) is 3.00. The van der Waals surface area contributed by atoms with Crippen LogP contribution in [0.3, 0.4) is 0 Å². The van der Waals surface area contributed by atoms with Crippen LogP contribution >= 0.6 is 31.9 Å². The molecule has 0 amide bonds. The monoisotopic (exact) mass is 384 g/mol. The number of benzene rings is 1. The van der Waals surface area contributed by atoms with Crippen LogP contribution < -0.4 is 10.1 Å². The van der Waals surface area contributed by atoms with Crippen LogP contribution in [-0.2, 0) is 6.54 Å². The van der Waals surface area contributed by atoms with Crippen molar-refractivity contribution in [3.05, 3.63) is 50.7 Å². The molecule has 0 atom stereocenters. The number of anilines is 1. The summed E-state index contributed by atoms with van der Waals surface area (Å²) in [6.45, 7) is 2.73. The first-order chi connectivity index (χ1) is 9.11. The lowest BCUT2D eigenvalue weighted by molar-refractivity contribution is 0.412. The molecule has 0 saturated heterocycles. The fraction of sp³-hybridized carbons (Fsp3) is 0.214. The number of hydrogen-bond acceptors (Lipinski definition) is 3. The highest BCUT2D eigenvalue weighted by atomic mass is 79.9. The van der Waals surface area contributed by atoms with Crippen LogP contribution in [0.15, 0.2) is 39.4 Å². The molecule has 0 aliphatic rings. The molecule has 0 radical (unpaired) electrons. The Balaban J connectivity index is 2.18. The standard InChI is InChI=1S/C14H14Br2N2O/c1-9-4-3-5-17-13(9)8-18-12-7-14(19-2)11(16)6-10(12)15/h3-7,18H,8H2,1-2H3. The van der Waals surface area contributed by atoms with Crippen LogP contribution in [-0.4, -0.2) is 12.1 Å². The maximum absolute atomic E-state index is 5.29. The molecule has 1 aromatic carbocycles. The minimum Gasteiger partial charge on any atom is -0.495 e. The molecule has 2 rings (SSSR count). The zero-order valence-corrected chi connectivity index (χ0v) is 13.9.